The first-order valence-corrected chi connectivity index (χ1v) is 6.60. The molecule has 0 aliphatic heterocycles. The summed E-state index contributed by atoms with van der Waals surface area (Å²) in [5.41, 5.74) is 8.15. The Labute approximate surface area is 118 Å². The molecule has 19 heavy (non-hydrogen) atoms. The highest BCUT2D eigenvalue weighted by Crippen LogP contribution is 2.18. The molecule has 2 N–H and O–H groups in total. The molecule has 0 aromatic heterocycles. The minimum Gasteiger partial charge on any atom is -0.325 e. The maximum atomic E-state index is 12.9. The predicted octanol–water partition coefficient (Wildman–Crippen LogP) is 3.98. The van der Waals surface area contributed by atoms with Gasteiger partial charge in [-0.05, 0) is 55.2 Å². The first kappa shape index (κ1) is 14.0. The quantitative estimate of drug-likeness (QED) is 0.899. The lowest BCUT2D eigenvalue weighted by Crippen LogP contribution is -2.40. The summed E-state index contributed by atoms with van der Waals surface area (Å²) in [4.78, 5) is 0. The van der Waals surface area contributed by atoms with Crippen molar-refractivity contribution >= 4 is 11.6 Å². The molecule has 0 amide bonds. The Morgan fingerprint density at radius 1 is 0.947 bits per heavy atom. The summed E-state index contributed by atoms with van der Waals surface area (Å²) in [6, 6.07) is 14.2. The van der Waals surface area contributed by atoms with Gasteiger partial charge in [0, 0.05) is 10.6 Å². The molecule has 1 atom stereocenters. The largest absolute Gasteiger partial charge is 0.325 e. The van der Waals surface area contributed by atoms with Gasteiger partial charge in [-0.3, -0.25) is 0 Å². The number of hydrogen-bond acceptors (Lipinski definition) is 1. The molecule has 1 unspecified atom stereocenters. The first-order chi connectivity index (χ1) is 8.94. The van der Waals surface area contributed by atoms with Crippen molar-refractivity contribution in [1.82, 2.24) is 0 Å². The molecule has 100 valence electrons. The average molecular weight is 278 g/mol. The lowest BCUT2D eigenvalue weighted by atomic mass is 9.87. The Morgan fingerprint density at radius 3 is 1.84 bits per heavy atom. The Morgan fingerprint density at radius 2 is 1.37 bits per heavy atom. The van der Waals surface area contributed by atoms with Crippen LogP contribution in [0.3, 0.4) is 0 Å². The minimum atomic E-state index is -0.369. The van der Waals surface area contributed by atoms with E-state index in [1.165, 1.54) is 12.1 Å². The molecule has 2 aromatic rings. The highest BCUT2D eigenvalue weighted by Gasteiger charge is 2.19. The van der Waals surface area contributed by atoms with Crippen molar-refractivity contribution in [3.05, 3.63) is 70.5 Å². The second kappa shape index (κ2) is 5.72. The molecule has 0 saturated carbocycles. The van der Waals surface area contributed by atoms with E-state index in [0.717, 1.165) is 22.6 Å². The topological polar surface area (TPSA) is 26.0 Å². The summed E-state index contributed by atoms with van der Waals surface area (Å²) in [6.45, 7) is 2.00. The van der Waals surface area contributed by atoms with Gasteiger partial charge in [-0.25, -0.2) is 4.39 Å². The molecule has 0 spiro atoms. The van der Waals surface area contributed by atoms with Crippen molar-refractivity contribution in [2.45, 2.75) is 25.3 Å². The van der Waals surface area contributed by atoms with Crippen LogP contribution in [0.5, 0.6) is 0 Å². The fourth-order valence-electron chi connectivity index (χ4n) is 2.20. The van der Waals surface area contributed by atoms with E-state index in [9.17, 15) is 4.39 Å². The Balaban J connectivity index is 2.05. The summed E-state index contributed by atoms with van der Waals surface area (Å²) in [7, 11) is 0. The van der Waals surface area contributed by atoms with E-state index < -0.39 is 0 Å². The Hall–Kier alpha value is -1.38. The number of rotatable bonds is 4. The Bertz CT molecular complexity index is 482. The standard InChI is InChI=1S/C16H17ClFN/c1-16(19,10-12-2-6-14(17)7-3-12)11-13-4-8-15(18)9-5-13/h2-9H,10-11,19H2,1H3. The third-order valence-electron chi connectivity index (χ3n) is 3.04. The van der Waals surface area contributed by atoms with Crippen molar-refractivity contribution in [2.24, 2.45) is 5.73 Å². The second-order valence-electron chi connectivity index (χ2n) is 5.26. The number of halogens is 2. The van der Waals surface area contributed by atoms with Gasteiger partial charge in [-0.2, -0.15) is 0 Å². The zero-order chi connectivity index (χ0) is 13.9. The molecule has 2 rings (SSSR count). The lowest BCUT2D eigenvalue weighted by Gasteiger charge is -2.25. The van der Waals surface area contributed by atoms with Crippen LogP contribution in [0, 0.1) is 5.82 Å². The van der Waals surface area contributed by atoms with Gasteiger partial charge in [0.25, 0.3) is 0 Å². The zero-order valence-corrected chi connectivity index (χ0v) is 11.6. The third-order valence-corrected chi connectivity index (χ3v) is 3.29. The predicted molar refractivity (Wildman–Crippen MR) is 77.9 cm³/mol. The van der Waals surface area contributed by atoms with E-state index in [1.54, 1.807) is 12.1 Å². The van der Waals surface area contributed by atoms with Crippen LogP contribution in [0.2, 0.25) is 5.02 Å². The fraction of sp³-hybridized carbons (Fsp3) is 0.250. The van der Waals surface area contributed by atoms with Gasteiger partial charge in [-0.15, -0.1) is 0 Å². The Kier molecular flexibility index (Phi) is 4.23. The van der Waals surface area contributed by atoms with Gasteiger partial charge in [0.15, 0.2) is 0 Å². The minimum absolute atomic E-state index is 0.222. The SMILES string of the molecule is CC(N)(Cc1ccc(F)cc1)Cc1ccc(Cl)cc1. The van der Waals surface area contributed by atoms with Crippen molar-refractivity contribution in [3.8, 4) is 0 Å². The molecular formula is C16H17ClFN. The van der Waals surface area contributed by atoms with Crippen molar-refractivity contribution < 1.29 is 4.39 Å². The van der Waals surface area contributed by atoms with Gasteiger partial charge in [-0.1, -0.05) is 35.9 Å². The number of nitrogens with two attached hydrogens (primary N) is 1. The molecule has 1 nitrogen and oxygen atoms in total. The van der Waals surface area contributed by atoms with E-state index in [0.29, 0.717) is 6.42 Å². The van der Waals surface area contributed by atoms with Gasteiger partial charge < -0.3 is 5.73 Å². The molecule has 0 saturated heterocycles. The molecule has 0 aliphatic rings. The highest BCUT2D eigenvalue weighted by molar-refractivity contribution is 6.30. The van der Waals surface area contributed by atoms with Crippen LogP contribution in [-0.2, 0) is 12.8 Å². The second-order valence-corrected chi connectivity index (χ2v) is 5.70. The normalized spacial score (nSPS) is 14.1. The van der Waals surface area contributed by atoms with Gasteiger partial charge >= 0.3 is 0 Å². The lowest BCUT2D eigenvalue weighted by molar-refractivity contribution is 0.462. The molecule has 3 heteroatoms. The average Bonchev–Trinajstić information content (AvgIpc) is 2.34. The van der Waals surface area contributed by atoms with Gasteiger partial charge in [0.1, 0.15) is 5.82 Å². The summed E-state index contributed by atoms with van der Waals surface area (Å²) in [5, 5.41) is 0.723. The molecule has 0 aliphatic carbocycles. The van der Waals surface area contributed by atoms with E-state index >= 15 is 0 Å². The van der Waals surface area contributed by atoms with E-state index in [-0.39, 0.29) is 11.4 Å². The number of hydrogen-bond donors (Lipinski definition) is 1. The summed E-state index contributed by atoms with van der Waals surface area (Å²) < 4.78 is 12.9. The maximum Gasteiger partial charge on any atom is 0.123 e. The van der Waals surface area contributed by atoms with Gasteiger partial charge in [0.05, 0.1) is 0 Å². The molecule has 0 heterocycles. The fourth-order valence-corrected chi connectivity index (χ4v) is 2.33. The van der Waals surface area contributed by atoms with Crippen molar-refractivity contribution in [2.75, 3.05) is 0 Å². The summed E-state index contributed by atoms with van der Waals surface area (Å²) in [6.07, 6.45) is 1.46. The molecule has 0 radical (unpaired) electrons. The number of benzene rings is 2. The van der Waals surface area contributed by atoms with Crippen LogP contribution in [0.15, 0.2) is 48.5 Å². The van der Waals surface area contributed by atoms with E-state index in [1.807, 2.05) is 31.2 Å². The monoisotopic (exact) mass is 277 g/mol. The third kappa shape index (κ3) is 4.34. The van der Waals surface area contributed by atoms with Crippen molar-refractivity contribution in [1.29, 1.82) is 0 Å². The maximum absolute atomic E-state index is 12.9. The van der Waals surface area contributed by atoms with Crippen LogP contribution in [0.25, 0.3) is 0 Å². The first-order valence-electron chi connectivity index (χ1n) is 6.22. The van der Waals surface area contributed by atoms with Gasteiger partial charge in [0.2, 0.25) is 0 Å². The van der Waals surface area contributed by atoms with E-state index in [2.05, 4.69) is 0 Å². The van der Waals surface area contributed by atoms with Crippen LogP contribution < -0.4 is 5.73 Å². The van der Waals surface area contributed by atoms with Crippen LogP contribution in [-0.4, -0.2) is 5.54 Å². The van der Waals surface area contributed by atoms with Crippen molar-refractivity contribution in [3.63, 3.8) is 0 Å². The van der Waals surface area contributed by atoms with Crippen LogP contribution >= 0.6 is 11.6 Å². The highest BCUT2D eigenvalue weighted by atomic mass is 35.5. The smallest absolute Gasteiger partial charge is 0.123 e. The molecule has 2 aromatic carbocycles. The zero-order valence-electron chi connectivity index (χ0n) is 10.9. The molecule has 0 bridgehead atoms. The van der Waals surface area contributed by atoms with Crippen LogP contribution in [0.4, 0.5) is 4.39 Å². The van der Waals surface area contributed by atoms with Crippen LogP contribution in [0.1, 0.15) is 18.1 Å². The summed E-state index contributed by atoms with van der Waals surface area (Å²) in [5.74, 6) is -0.222. The molecular weight excluding hydrogens is 261 g/mol. The molecule has 0 fully saturated rings. The van der Waals surface area contributed by atoms with E-state index in [4.69, 9.17) is 17.3 Å². The summed E-state index contributed by atoms with van der Waals surface area (Å²) >= 11 is 5.86.